The Bertz CT molecular complexity index is 918. The topological polar surface area (TPSA) is 58.9 Å². The molecule has 4 rings (SSSR count). The summed E-state index contributed by atoms with van der Waals surface area (Å²) in [7, 11) is 0. The van der Waals surface area contributed by atoms with E-state index in [1.54, 1.807) is 0 Å². The Morgan fingerprint density at radius 2 is 1.96 bits per heavy atom. The molecule has 1 aromatic heterocycles. The second kappa shape index (κ2) is 7.92. The summed E-state index contributed by atoms with van der Waals surface area (Å²) < 4.78 is 2.16. The fourth-order valence-corrected chi connectivity index (χ4v) is 3.85. The molecule has 2 heterocycles. The van der Waals surface area contributed by atoms with Crippen LogP contribution < -0.4 is 10.6 Å². The lowest BCUT2D eigenvalue weighted by atomic mass is 10.00. The minimum absolute atomic E-state index is 0.0993. The number of nitrogens with zero attached hydrogens (tertiary/aromatic N) is 2. The van der Waals surface area contributed by atoms with E-state index in [9.17, 15) is 4.79 Å². The van der Waals surface area contributed by atoms with Gasteiger partial charge in [-0.25, -0.2) is 4.98 Å². The van der Waals surface area contributed by atoms with Gasteiger partial charge in [-0.1, -0.05) is 30.3 Å². The third-order valence-corrected chi connectivity index (χ3v) is 5.33. The second-order valence-corrected chi connectivity index (χ2v) is 7.25. The van der Waals surface area contributed by atoms with E-state index in [-0.39, 0.29) is 11.9 Å². The van der Waals surface area contributed by atoms with E-state index in [2.05, 4.69) is 40.3 Å². The normalized spacial score (nSPS) is 19.9. The molecule has 27 heavy (non-hydrogen) atoms. The SMILES string of the molecule is CC1NCCCC1NC(=O)CCc1nc2ccccc2n1-c1ccccc1. The van der Waals surface area contributed by atoms with E-state index in [4.69, 9.17) is 4.98 Å². The van der Waals surface area contributed by atoms with E-state index in [0.717, 1.165) is 41.9 Å². The quantitative estimate of drug-likeness (QED) is 0.733. The summed E-state index contributed by atoms with van der Waals surface area (Å²) in [5.74, 6) is 1.02. The zero-order valence-electron chi connectivity index (χ0n) is 15.7. The fourth-order valence-electron chi connectivity index (χ4n) is 3.85. The molecule has 0 bridgehead atoms. The van der Waals surface area contributed by atoms with Crippen molar-refractivity contribution >= 4 is 16.9 Å². The van der Waals surface area contributed by atoms with Gasteiger partial charge in [0.2, 0.25) is 5.91 Å². The van der Waals surface area contributed by atoms with Crippen molar-refractivity contribution in [3.8, 4) is 5.69 Å². The highest BCUT2D eigenvalue weighted by atomic mass is 16.1. The van der Waals surface area contributed by atoms with Gasteiger partial charge >= 0.3 is 0 Å². The van der Waals surface area contributed by atoms with Crippen molar-refractivity contribution in [2.45, 2.75) is 44.7 Å². The lowest BCUT2D eigenvalue weighted by Crippen LogP contribution is -2.51. The zero-order valence-corrected chi connectivity index (χ0v) is 15.7. The number of fused-ring (bicyclic) bond motifs is 1. The number of amides is 1. The Hall–Kier alpha value is -2.66. The summed E-state index contributed by atoms with van der Waals surface area (Å²) in [4.78, 5) is 17.3. The van der Waals surface area contributed by atoms with Crippen LogP contribution in [-0.2, 0) is 11.2 Å². The van der Waals surface area contributed by atoms with Crippen LogP contribution in [0, 0.1) is 0 Å². The predicted octanol–water partition coefficient (Wildman–Crippen LogP) is 3.21. The Labute approximate surface area is 159 Å². The molecule has 0 radical (unpaired) electrons. The molecule has 2 aromatic carbocycles. The maximum Gasteiger partial charge on any atom is 0.220 e. The molecule has 0 spiro atoms. The second-order valence-electron chi connectivity index (χ2n) is 7.25. The Morgan fingerprint density at radius 3 is 2.78 bits per heavy atom. The fraction of sp³-hybridized carbons (Fsp3) is 0.364. The zero-order chi connectivity index (χ0) is 18.6. The number of carbonyl (C=O) groups excluding carboxylic acids is 1. The summed E-state index contributed by atoms with van der Waals surface area (Å²) in [6, 6.07) is 18.9. The summed E-state index contributed by atoms with van der Waals surface area (Å²) in [6.45, 7) is 3.17. The Balaban J connectivity index is 1.53. The molecular formula is C22H26N4O. The number of hydrogen-bond acceptors (Lipinski definition) is 3. The van der Waals surface area contributed by atoms with Gasteiger partial charge in [0.25, 0.3) is 0 Å². The van der Waals surface area contributed by atoms with Crippen LogP contribution in [0.1, 0.15) is 32.0 Å². The van der Waals surface area contributed by atoms with E-state index < -0.39 is 0 Å². The highest BCUT2D eigenvalue weighted by Gasteiger charge is 2.22. The lowest BCUT2D eigenvalue weighted by Gasteiger charge is -2.30. The molecule has 1 fully saturated rings. The number of benzene rings is 2. The van der Waals surface area contributed by atoms with Crippen LogP contribution in [0.15, 0.2) is 54.6 Å². The first-order valence-corrected chi connectivity index (χ1v) is 9.77. The van der Waals surface area contributed by atoms with Crippen LogP contribution in [0.2, 0.25) is 0 Å². The van der Waals surface area contributed by atoms with Crippen LogP contribution in [0.4, 0.5) is 0 Å². The average molecular weight is 362 g/mol. The average Bonchev–Trinajstić information content (AvgIpc) is 3.07. The number of aryl methyl sites for hydroxylation is 1. The molecule has 5 nitrogen and oxygen atoms in total. The van der Waals surface area contributed by atoms with Gasteiger partial charge in [-0.05, 0) is 50.6 Å². The number of hydrogen-bond donors (Lipinski definition) is 2. The molecule has 1 aliphatic heterocycles. The molecule has 1 saturated heterocycles. The van der Waals surface area contributed by atoms with Crippen LogP contribution in [-0.4, -0.2) is 34.1 Å². The Kier molecular flexibility index (Phi) is 5.21. The largest absolute Gasteiger partial charge is 0.352 e. The number of imidazole rings is 1. The first kappa shape index (κ1) is 17.7. The van der Waals surface area contributed by atoms with Gasteiger partial charge in [0.05, 0.1) is 11.0 Å². The molecule has 1 amide bonds. The van der Waals surface area contributed by atoms with Crippen molar-refractivity contribution in [1.29, 1.82) is 0 Å². The molecule has 1 aliphatic rings. The molecule has 2 unspecified atom stereocenters. The summed E-state index contributed by atoms with van der Waals surface area (Å²) in [5, 5.41) is 6.62. The standard InChI is InChI=1S/C22H26N4O/c1-16-18(11-7-15-23-16)25-22(27)14-13-21-24-19-10-5-6-12-20(19)26(21)17-8-3-2-4-9-17/h2-6,8-10,12,16,18,23H,7,11,13-15H2,1H3,(H,25,27). The van der Waals surface area contributed by atoms with Crippen LogP contribution in [0.5, 0.6) is 0 Å². The minimum atomic E-state index is 0.0993. The molecule has 2 N–H and O–H groups in total. The van der Waals surface area contributed by atoms with Gasteiger partial charge in [0.15, 0.2) is 0 Å². The van der Waals surface area contributed by atoms with Crippen molar-refractivity contribution < 1.29 is 4.79 Å². The van der Waals surface area contributed by atoms with E-state index >= 15 is 0 Å². The molecular weight excluding hydrogens is 336 g/mol. The molecule has 0 aliphatic carbocycles. The maximum absolute atomic E-state index is 12.5. The minimum Gasteiger partial charge on any atom is -0.352 e. The number of carbonyl (C=O) groups is 1. The lowest BCUT2D eigenvalue weighted by molar-refractivity contribution is -0.122. The van der Waals surface area contributed by atoms with E-state index in [0.29, 0.717) is 18.9 Å². The number of rotatable bonds is 5. The van der Waals surface area contributed by atoms with Gasteiger partial charge < -0.3 is 10.6 Å². The molecule has 2 atom stereocenters. The first-order valence-electron chi connectivity index (χ1n) is 9.77. The number of aromatic nitrogens is 2. The Morgan fingerprint density at radius 1 is 1.19 bits per heavy atom. The third-order valence-electron chi connectivity index (χ3n) is 5.33. The van der Waals surface area contributed by atoms with Gasteiger partial charge in [-0.3, -0.25) is 9.36 Å². The highest BCUT2D eigenvalue weighted by molar-refractivity contribution is 5.79. The van der Waals surface area contributed by atoms with Crippen molar-refractivity contribution in [2.24, 2.45) is 0 Å². The van der Waals surface area contributed by atoms with Gasteiger partial charge in [0.1, 0.15) is 5.82 Å². The van der Waals surface area contributed by atoms with Crippen LogP contribution >= 0.6 is 0 Å². The molecule has 5 heteroatoms. The van der Waals surface area contributed by atoms with Crippen molar-refractivity contribution in [1.82, 2.24) is 20.2 Å². The van der Waals surface area contributed by atoms with Gasteiger partial charge in [-0.15, -0.1) is 0 Å². The number of nitrogens with one attached hydrogen (secondary N) is 2. The van der Waals surface area contributed by atoms with E-state index in [1.807, 2.05) is 36.4 Å². The monoisotopic (exact) mass is 362 g/mol. The number of piperidine rings is 1. The number of para-hydroxylation sites is 3. The summed E-state index contributed by atoms with van der Waals surface area (Å²) in [6.07, 6.45) is 3.21. The van der Waals surface area contributed by atoms with Crippen molar-refractivity contribution in [3.63, 3.8) is 0 Å². The summed E-state index contributed by atoms with van der Waals surface area (Å²) in [5.41, 5.74) is 3.11. The summed E-state index contributed by atoms with van der Waals surface area (Å²) >= 11 is 0. The van der Waals surface area contributed by atoms with Crippen molar-refractivity contribution in [3.05, 3.63) is 60.4 Å². The van der Waals surface area contributed by atoms with Crippen LogP contribution in [0.25, 0.3) is 16.7 Å². The van der Waals surface area contributed by atoms with Crippen LogP contribution in [0.3, 0.4) is 0 Å². The van der Waals surface area contributed by atoms with E-state index in [1.165, 1.54) is 0 Å². The molecule has 3 aromatic rings. The smallest absolute Gasteiger partial charge is 0.220 e. The maximum atomic E-state index is 12.5. The third kappa shape index (κ3) is 3.88. The predicted molar refractivity (Wildman–Crippen MR) is 108 cm³/mol. The highest BCUT2D eigenvalue weighted by Crippen LogP contribution is 2.22. The van der Waals surface area contributed by atoms with Crippen molar-refractivity contribution in [2.75, 3.05) is 6.54 Å². The van der Waals surface area contributed by atoms with Gasteiger partial charge in [-0.2, -0.15) is 0 Å². The molecule has 0 saturated carbocycles. The van der Waals surface area contributed by atoms with Gasteiger partial charge in [0, 0.05) is 30.6 Å². The first-order chi connectivity index (χ1) is 13.2. The molecule has 140 valence electrons.